The van der Waals surface area contributed by atoms with E-state index in [-0.39, 0.29) is 5.60 Å². The van der Waals surface area contributed by atoms with E-state index >= 15 is 0 Å². The van der Waals surface area contributed by atoms with E-state index < -0.39 is 0 Å². The van der Waals surface area contributed by atoms with Crippen LogP contribution in [-0.4, -0.2) is 26.5 Å². The van der Waals surface area contributed by atoms with Crippen LogP contribution in [0.15, 0.2) is 6.33 Å². The maximum Gasteiger partial charge on any atom is 0.211 e. The van der Waals surface area contributed by atoms with Crippen molar-refractivity contribution in [2.24, 2.45) is 0 Å². The molecule has 1 saturated carbocycles. The van der Waals surface area contributed by atoms with Gasteiger partial charge in [-0.2, -0.15) is 0 Å². The first-order chi connectivity index (χ1) is 8.26. The van der Waals surface area contributed by atoms with Crippen molar-refractivity contribution in [3.8, 4) is 0 Å². The second kappa shape index (κ2) is 4.84. The van der Waals surface area contributed by atoms with Gasteiger partial charge < -0.3 is 4.74 Å². The van der Waals surface area contributed by atoms with Gasteiger partial charge in [-0.1, -0.05) is 19.3 Å². The summed E-state index contributed by atoms with van der Waals surface area (Å²) in [4.78, 5) is 4.15. The van der Waals surface area contributed by atoms with Crippen molar-refractivity contribution in [1.29, 1.82) is 0 Å². The highest BCUT2D eigenvalue weighted by atomic mass is 127. The lowest BCUT2D eigenvalue weighted by Gasteiger charge is -2.33. The fourth-order valence-electron chi connectivity index (χ4n) is 3.16. The first-order valence-electron chi connectivity index (χ1n) is 6.49. The molecule has 1 spiro atoms. The van der Waals surface area contributed by atoms with Crippen LogP contribution in [0.3, 0.4) is 0 Å². The molecule has 1 aromatic rings. The average molecular weight is 347 g/mol. The van der Waals surface area contributed by atoms with Crippen LogP contribution in [0, 0.1) is 3.83 Å². The van der Waals surface area contributed by atoms with Crippen LogP contribution in [0.25, 0.3) is 0 Å². The Balaban J connectivity index is 1.60. The third-order valence-electron chi connectivity index (χ3n) is 4.00. The molecule has 5 heteroatoms. The van der Waals surface area contributed by atoms with Crippen LogP contribution in [0.4, 0.5) is 0 Å². The topological polar surface area (TPSA) is 39.9 Å². The van der Waals surface area contributed by atoms with Crippen LogP contribution in [0.1, 0.15) is 44.9 Å². The fourth-order valence-corrected chi connectivity index (χ4v) is 3.56. The molecule has 3 rings (SSSR count). The highest BCUT2D eigenvalue weighted by Gasteiger charge is 2.40. The van der Waals surface area contributed by atoms with Gasteiger partial charge in [-0.25, -0.2) is 9.67 Å². The molecule has 2 aliphatic rings. The number of rotatable bonds is 2. The van der Waals surface area contributed by atoms with Crippen LogP contribution in [-0.2, 0) is 11.3 Å². The summed E-state index contributed by atoms with van der Waals surface area (Å²) in [6, 6.07) is 0. The van der Waals surface area contributed by atoms with Gasteiger partial charge in [0, 0.05) is 22.6 Å². The molecular weight excluding hydrogens is 329 g/mol. The molecule has 1 atom stereocenters. The zero-order valence-corrected chi connectivity index (χ0v) is 12.1. The lowest BCUT2D eigenvalue weighted by molar-refractivity contribution is -0.0688. The van der Waals surface area contributed by atoms with Gasteiger partial charge in [-0.05, 0) is 25.7 Å². The minimum atomic E-state index is 0.219. The molecule has 0 radical (unpaired) electrons. The lowest BCUT2D eigenvalue weighted by atomic mass is 9.83. The smallest absolute Gasteiger partial charge is 0.211 e. The van der Waals surface area contributed by atoms with Gasteiger partial charge >= 0.3 is 0 Å². The molecule has 0 N–H and O–H groups in total. The van der Waals surface area contributed by atoms with Crippen molar-refractivity contribution in [2.45, 2.75) is 63.2 Å². The standard InChI is InChI=1S/C12H18IN3O/c13-11-14-9-16(15-11)8-10-4-7-12(17-10)5-2-1-3-6-12/h9-10H,1-8H2. The summed E-state index contributed by atoms with van der Waals surface area (Å²) in [5.74, 6) is 0. The quantitative estimate of drug-likeness (QED) is 0.773. The number of ether oxygens (including phenoxy) is 1. The molecule has 2 fully saturated rings. The predicted molar refractivity (Wildman–Crippen MR) is 72.7 cm³/mol. The van der Waals surface area contributed by atoms with Crippen molar-refractivity contribution in [3.63, 3.8) is 0 Å². The minimum absolute atomic E-state index is 0.219. The molecule has 0 bridgehead atoms. The number of nitrogens with zero attached hydrogens (tertiary/aromatic N) is 3. The number of halogens is 1. The maximum absolute atomic E-state index is 6.31. The normalized spacial score (nSPS) is 27.7. The van der Waals surface area contributed by atoms with Crippen molar-refractivity contribution < 1.29 is 4.74 Å². The lowest BCUT2D eigenvalue weighted by Crippen LogP contribution is -2.32. The van der Waals surface area contributed by atoms with Gasteiger partial charge in [-0.15, -0.1) is 5.10 Å². The van der Waals surface area contributed by atoms with Gasteiger partial charge in [0.2, 0.25) is 3.83 Å². The Morgan fingerprint density at radius 3 is 2.88 bits per heavy atom. The van der Waals surface area contributed by atoms with E-state index in [0.717, 1.165) is 10.4 Å². The van der Waals surface area contributed by atoms with Gasteiger partial charge in [0.15, 0.2) is 0 Å². The first kappa shape index (κ1) is 11.9. The van der Waals surface area contributed by atoms with Crippen LogP contribution in [0.2, 0.25) is 0 Å². The second-order valence-electron chi connectivity index (χ2n) is 5.26. The van der Waals surface area contributed by atoms with E-state index in [4.69, 9.17) is 4.74 Å². The van der Waals surface area contributed by atoms with Crippen LogP contribution >= 0.6 is 22.6 Å². The summed E-state index contributed by atoms with van der Waals surface area (Å²) in [5.41, 5.74) is 0.219. The van der Waals surface area contributed by atoms with E-state index in [1.807, 2.05) is 4.68 Å². The molecule has 0 aromatic carbocycles. The van der Waals surface area contributed by atoms with Gasteiger partial charge in [0.25, 0.3) is 0 Å². The fraction of sp³-hybridized carbons (Fsp3) is 0.833. The summed E-state index contributed by atoms with van der Waals surface area (Å²) < 4.78 is 9.04. The zero-order chi connectivity index (χ0) is 11.7. The van der Waals surface area contributed by atoms with Crippen molar-refractivity contribution in [1.82, 2.24) is 14.8 Å². The van der Waals surface area contributed by atoms with Crippen molar-refractivity contribution in [2.75, 3.05) is 0 Å². The van der Waals surface area contributed by atoms with E-state index in [1.165, 1.54) is 44.9 Å². The van der Waals surface area contributed by atoms with E-state index in [9.17, 15) is 0 Å². The summed E-state index contributed by atoms with van der Waals surface area (Å²) in [6.45, 7) is 0.859. The summed E-state index contributed by atoms with van der Waals surface area (Å²) in [5, 5.41) is 4.32. The molecule has 1 saturated heterocycles. The molecule has 94 valence electrons. The maximum atomic E-state index is 6.31. The largest absolute Gasteiger partial charge is 0.370 e. The van der Waals surface area contributed by atoms with Gasteiger partial charge in [0.1, 0.15) is 6.33 Å². The Hall–Kier alpha value is -0.170. The molecule has 1 aliphatic heterocycles. The molecule has 1 aromatic heterocycles. The zero-order valence-electron chi connectivity index (χ0n) is 9.94. The van der Waals surface area contributed by atoms with E-state index in [1.54, 1.807) is 6.33 Å². The van der Waals surface area contributed by atoms with E-state index in [2.05, 4.69) is 32.7 Å². The Labute approximate surface area is 115 Å². The molecule has 0 amide bonds. The van der Waals surface area contributed by atoms with Crippen LogP contribution in [0.5, 0.6) is 0 Å². The molecule has 1 unspecified atom stereocenters. The molecule has 2 heterocycles. The van der Waals surface area contributed by atoms with Crippen molar-refractivity contribution >= 4 is 22.6 Å². The predicted octanol–water partition coefficient (Wildman–Crippen LogP) is 2.76. The first-order valence-corrected chi connectivity index (χ1v) is 7.56. The minimum Gasteiger partial charge on any atom is -0.370 e. The summed E-state index contributed by atoms with van der Waals surface area (Å²) >= 11 is 2.14. The second-order valence-corrected chi connectivity index (χ2v) is 6.22. The highest BCUT2D eigenvalue weighted by molar-refractivity contribution is 14.1. The average Bonchev–Trinajstić information content (AvgIpc) is 2.89. The molecular formula is C12H18IN3O. The third kappa shape index (κ3) is 2.65. The summed E-state index contributed by atoms with van der Waals surface area (Å²) in [7, 11) is 0. The number of aromatic nitrogens is 3. The number of hydrogen-bond donors (Lipinski definition) is 0. The Morgan fingerprint density at radius 1 is 1.35 bits per heavy atom. The SMILES string of the molecule is Ic1ncn(CC2CCC3(CCCCC3)O2)n1. The van der Waals surface area contributed by atoms with Gasteiger partial charge in [0.05, 0.1) is 18.2 Å². The Bertz CT molecular complexity index is 387. The molecule has 4 nitrogen and oxygen atoms in total. The van der Waals surface area contributed by atoms with Crippen LogP contribution < -0.4 is 0 Å². The van der Waals surface area contributed by atoms with Gasteiger partial charge in [-0.3, -0.25) is 0 Å². The van der Waals surface area contributed by atoms with Crippen molar-refractivity contribution in [3.05, 3.63) is 10.2 Å². The Kier molecular flexibility index (Phi) is 3.38. The number of hydrogen-bond acceptors (Lipinski definition) is 3. The summed E-state index contributed by atoms with van der Waals surface area (Å²) in [6.07, 6.45) is 11.2. The Morgan fingerprint density at radius 2 is 2.18 bits per heavy atom. The van der Waals surface area contributed by atoms with E-state index in [0.29, 0.717) is 6.10 Å². The highest BCUT2D eigenvalue weighted by Crippen LogP contribution is 2.42. The molecule has 17 heavy (non-hydrogen) atoms. The molecule has 1 aliphatic carbocycles. The third-order valence-corrected chi connectivity index (χ3v) is 4.50. The monoisotopic (exact) mass is 347 g/mol.